The van der Waals surface area contributed by atoms with E-state index in [4.69, 9.17) is 9.47 Å². The number of esters is 1. The molecule has 1 saturated heterocycles. The summed E-state index contributed by atoms with van der Waals surface area (Å²) in [6.07, 6.45) is -0.388. The Hall–Kier alpha value is -2.87. The van der Waals surface area contributed by atoms with Gasteiger partial charge in [-0.15, -0.1) is 0 Å². The Morgan fingerprint density at radius 3 is 2.61 bits per heavy atom. The fraction of sp³-hybridized carbons (Fsp3) is 0.250. The third-order valence-electron chi connectivity index (χ3n) is 4.36. The smallest absolute Gasteiger partial charge is 0.414 e. The van der Waals surface area contributed by atoms with Crippen LogP contribution in [0.15, 0.2) is 53.0 Å². The normalized spacial score (nSPS) is 14.4. The zero-order valence-corrected chi connectivity index (χ0v) is 16.8. The molecule has 8 heteroatoms. The van der Waals surface area contributed by atoms with Gasteiger partial charge in [0.25, 0.3) is 5.91 Å². The zero-order chi connectivity index (χ0) is 20.1. The second kappa shape index (κ2) is 8.88. The third-order valence-corrected chi connectivity index (χ3v) is 4.85. The van der Waals surface area contributed by atoms with Crippen molar-refractivity contribution in [3.8, 4) is 0 Å². The van der Waals surface area contributed by atoms with Gasteiger partial charge in [-0.1, -0.05) is 28.1 Å². The summed E-state index contributed by atoms with van der Waals surface area (Å²) in [6, 6.07) is 13.5. The molecule has 3 rings (SSSR count). The van der Waals surface area contributed by atoms with E-state index in [0.29, 0.717) is 24.4 Å². The molecule has 0 spiro atoms. The highest BCUT2D eigenvalue weighted by atomic mass is 79.9. The second-order valence-electron chi connectivity index (χ2n) is 6.17. The van der Waals surface area contributed by atoms with Crippen molar-refractivity contribution in [2.45, 2.75) is 12.5 Å². The maximum atomic E-state index is 12.7. The molecule has 0 saturated carbocycles. The largest absolute Gasteiger partial charge is 0.469 e. The van der Waals surface area contributed by atoms with Crippen LogP contribution in [0.2, 0.25) is 0 Å². The van der Waals surface area contributed by atoms with E-state index in [1.807, 2.05) is 24.3 Å². The molecule has 2 aromatic carbocycles. The maximum Gasteiger partial charge on any atom is 0.414 e. The number of hydrogen-bond donors (Lipinski definition) is 1. The van der Waals surface area contributed by atoms with Gasteiger partial charge in [-0.3, -0.25) is 14.5 Å². The molecular formula is C20H19BrN2O5. The fourth-order valence-corrected chi connectivity index (χ4v) is 3.30. The molecule has 1 fully saturated rings. The summed E-state index contributed by atoms with van der Waals surface area (Å²) >= 11 is 3.40. The van der Waals surface area contributed by atoms with E-state index in [-0.39, 0.29) is 12.3 Å². The standard InChI is InChI=1S/C20H19BrN2O5/c1-27-18(24)12-17(14-3-2-4-15(21)11-14)22-19(25)13-5-7-16(8-6-13)23-9-10-28-20(23)26/h2-8,11,17H,9-10,12H2,1H3,(H,22,25). The van der Waals surface area contributed by atoms with Crippen molar-refractivity contribution >= 4 is 39.6 Å². The third kappa shape index (κ3) is 4.69. The van der Waals surface area contributed by atoms with E-state index >= 15 is 0 Å². The highest BCUT2D eigenvalue weighted by molar-refractivity contribution is 9.10. The molecule has 28 heavy (non-hydrogen) atoms. The van der Waals surface area contributed by atoms with Crippen LogP contribution in [0.25, 0.3) is 0 Å². The van der Waals surface area contributed by atoms with Gasteiger partial charge in [-0.25, -0.2) is 4.79 Å². The van der Waals surface area contributed by atoms with E-state index in [1.54, 1.807) is 24.3 Å². The summed E-state index contributed by atoms with van der Waals surface area (Å²) in [5.41, 5.74) is 1.86. The van der Waals surface area contributed by atoms with Crippen LogP contribution in [0.5, 0.6) is 0 Å². The Morgan fingerprint density at radius 1 is 1.25 bits per heavy atom. The molecule has 1 aliphatic rings. The fourth-order valence-electron chi connectivity index (χ4n) is 2.89. The van der Waals surface area contributed by atoms with Crippen LogP contribution >= 0.6 is 15.9 Å². The molecule has 7 nitrogen and oxygen atoms in total. The summed E-state index contributed by atoms with van der Waals surface area (Å²) in [6.45, 7) is 0.831. The molecule has 1 atom stereocenters. The Kier molecular flexibility index (Phi) is 6.30. The van der Waals surface area contributed by atoms with Gasteiger partial charge >= 0.3 is 12.1 Å². The number of carbonyl (C=O) groups excluding carboxylic acids is 3. The zero-order valence-electron chi connectivity index (χ0n) is 15.2. The first-order valence-corrected chi connectivity index (χ1v) is 9.44. The first kappa shape index (κ1) is 19.9. The number of halogens is 1. The van der Waals surface area contributed by atoms with E-state index in [9.17, 15) is 14.4 Å². The van der Waals surface area contributed by atoms with Gasteiger partial charge in [0, 0.05) is 15.7 Å². The van der Waals surface area contributed by atoms with Crippen molar-refractivity contribution in [3.63, 3.8) is 0 Å². The first-order chi connectivity index (χ1) is 13.5. The molecule has 0 bridgehead atoms. The van der Waals surface area contributed by atoms with Gasteiger partial charge in [0.15, 0.2) is 0 Å². The van der Waals surface area contributed by atoms with E-state index in [0.717, 1.165) is 10.0 Å². The van der Waals surface area contributed by atoms with E-state index in [1.165, 1.54) is 12.0 Å². The maximum absolute atomic E-state index is 12.7. The van der Waals surface area contributed by atoms with Crippen molar-refractivity contribution in [3.05, 3.63) is 64.1 Å². The second-order valence-corrected chi connectivity index (χ2v) is 7.09. The number of carbonyl (C=O) groups is 3. The number of hydrogen-bond acceptors (Lipinski definition) is 5. The van der Waals surface area contributed by atoms with Crippen LogP contribution in [0.1, 0.15) is 28.4 Å². The molecule has 0 radical (unpaired) electrons. The monoisotopic (exact) mass is 446 g/mol. The lowest BCUT2D eigenvalue weighted by Crippen LogP contribution is -2.30. The minimum atomic E-state index is -0.536. The van der Waals surface area contributed by atoms with Crippen molar-refractivity contribution in [1.29, 1.82) is 0 Å². The molecule has 1 unspecified atom stereocenters. The van der Waals surface area contributed by atoms with Crippen LogP contribution in [-0.4, -0.2) is 38.2 Å². The Balaban J connectivity index is 1.75. The van der Waals surface area contributed by atoms with Crippen LogP contribution in [-0.2, 0) is 14.3 Å². The van der Waals surface area contributed by atoms with Gasteiger partial charge in [-0.05, 0) is 42.0 Å². The molecule has 2 amide bonds. The van der Waals surface area contributed by atoms with E-state index < -0.39 is 18.1 Å². The Labute approximate surface area is 170 Å². The number of rotatable bonds is 6. The van der Waals surface area contributed by atoms with Crippen LogP contribution in [0.4, 0.5) is 10.5 Å². The summed E-state index contributed by atoms with van der Waals surface area (Å²) in [7, 11) is 1.31. The summed E-state index contributed by atoms with van der Waals surface area (Å²) in [5, 5.41) is 2.87. The molecule has 1 heterocycles. The quantitative estimate of drug-likeness (QED) is 0.686. The number of cyclic esters (lactones) is 1. The van der Waals surface area contributed by atoms with Gasteiger partial charge in [0.1, 0.15) is 6.61 Å². The number of anilines is 1. The topological polar surface area (TPSA) is 84.9 Å². The number of methoxy groups -OCH3 is 1. The number of ether oxygens (including phenoxy) is 2. The summed E-state index contributed by atoms with van der Waals surface area (Å²) in [5.74, 6) is -0.752. The highest BCUT2D eigenvalue weighted by Gasteiger charge is 2.24. The molecule has 1 N–H and O–H groups in total. The molecule has 1 aliphatic heterocycles. The van der Waals surface area contributed by atoms with Crippen molar-refractivity contribution in [2.75, 3.05) is 25.2 Å². The van der Waals surface area contributed by atoms with Gasteiger partial charge in [0.05, 0.1) is 26.1 Å². The molecule has 0 aromatic heterocycles. The van der Waals surface area contributed by atoms with Gasteiger partial charge < -0.3 is 14.8 Å². The summed E-state index contributed by atoms with van der Waals surface area (Å²) in [4.78, 5) is 37.6. The van der Waals surface area contributed by atoms with Crippen molar-refractivity contribution in [2.24, 2.45) is 0 Å². The Bertz CT molecular complexity index is 884. The van der Waals surface area contributed by atoms with Crippen LogP contribution < -0.4 is 10.2 Å². The lowest BCUT2D eigenvalue weighted by molar-refractivity contribution is -0.141. The van der Waals surface area contributed by atoms with E-state index in [2.05, 4.69) is 21.2 Å². The number of nitrogens with zero attached hydrogens (tertiary/aromatic N) is 1. The minimum Gasteiger partial charge on any atom is -0.469 e. The predicted molar refractivity (Wildman–Crippen MR) is 106 cm³/mol. The SMILES string of the molecule is COC(=O)CC(NC(=O)c1ccc(N2CCOC2=O)cc1)c1cccc(Br)c1. The lowest BCUT2D eigenvalue weighted by Gasteiger charge is -2.19. The van der Waals surface area contributed by atoms with Crippen LogP contribution in [0.3, 0.4) is 0 Å². The number of amides is 2. The molecule has 2 aromatic rings. The highest BCUT2D eigenvalue weighted by Crippen LogP contribution is 2.23. The summed E-state index contributed by atoms with van der Waals surface area (Å²) < 4.78 is 10.5. The minimum absolute atomic E-state index is 0.0103. The Morgan fingerprint density at radius 2 is 2.00 bits per heavy atom. The molecule has 0 aliphatic carbocycles. The molecule has 146 valence electrons. The van der Waals surface area contributed by atoms with Crippen molar-refractivity contribution in [1.82, 2.24) is 5.32 Å². The average molecular weight is 447 g/mol. The predicted octanol–water partition coefficient (Wildman–Crippen LogP) is 3.44. The lowest BCUT2D eigenvalue weighted by atomic mass is 10.0. The van der Waals surface area contributed by atoms with Crippen molar-refractivity contribution < 1.29 is 23.9 Å². The van der Waals surface area contributed by atoms with Gasteiger partial charge in [0.2, 0.25) is 0 Å². The first-order valence-electron chi connectivity index (χ1n) is 8.65. The van der Waals surface area contributed by atoms with Gasteiger partial charge in [-0.2, -0.15) is 0 Å². The number of nitrogens with one attached hydrogen (secondary N) is 1. The number of benzene rings is 2. The molecular weight excluding hydrogens is 428 g/mol. The van der Waals surface area contributed by atoms with Crippen LogP contribution in [0, 0.1) is 0 Å². The average Bonchev–Trinajstić information content (AvgIpc) is 3.13.